The third kappa shape index (κ3) is 2.55. The van der Waals surface area contributed by atoms with Gasteiger partial charge in [0.25, 0.3) is 5.91 Å². The van der Waals surface area contributed by atoms with Gasteiger partial charge in [-0.15, -0.1) is 0 Å². The van der Waals surface area contributed by atoms with Crippen molar-refractivity contribution in [2.24, 2.45) is 0 Å². The average molecular weight is 251 g/mol. The van der Waals surface area contributed by atoms with Crippen molar-refractivity contribution in [1.82, 2.24) is 4.90 Å². The highest BCUT2D eigenvalue weighted by molar-refractivity contribution is 5.92. The smallest absolute Gasteiger partial charge is 0.305 e. The summed E-state index contributed by atoms with van der Waals surface area (Å²) in [6, 6.07) is 3.25. The van der Waals surface area contributed by atoms with Crippen LogP contribution in [0.3, 0.4) is 0 Å². The molecule has 1 amide bonds. The summed E-state index contributed by atoms with van der Waals surface area (Å²) in [5.41, 5.74) is 0. The van der Waals surface area contributed by atoms with Gasteiger partial charge in [-0.25, -0.2) is 0 Å². The van der Waals surface area contributed by atoms with Gasteiger partial charge in [-0.05, 0) is 25.0 Å². The molecule has 1 aliphatic rings. The monoisotopic (exact) mass is 251 g/mol. The van der Waals surface area contributed by atoms with Gasteiger partial charge in [-0.1, -0.05) is 6.92 Å². The molecule has 0 bridgehead atoms. The third-order valence-corrected chi connectivity index (χ3v) is 3.27. The number of nitrogens with zero attached hydrogens (tertiary/aromatic N) is 1. The lowest BCUT2D eigenvalue weighted by atomic mass is 10.1. The predicted molar refractivity (Wildman–Crippen MR) is 64.4 cm³/mol. The number of hydrogen-bond donors (Lipinski definition) is 1. The molecule has 5 heteroatoms. The Labute approximate surface area is 105 Å². The van der Waals surface area contributed by atoms with Gasteiger partial charge in [-0.3, -0.25) is 9.59 Å². The number of carboxylic acids is 1. The van der Waals surface area contributed by atoms with Crippen molar-refractivity contribution in [3.8, 4) is 0 Å². The summed E-state index contributed by atoms with van der Waals surface area (Å²) in [6.07, 6.45) is 2.35. The average Bonchev–Trinajstić information content (AvgIpc) is 2.95. The summed E-state index contributed by atoms with van der Waals surface area (Å²) in [4.78, 5) is 24.6. The van der Waals surface area contributed by atoms with E-state index < -0.39 is 5.97 Å². The van der Waals surface area contributed by atoms with Crippen LogP contribution in [0.2, 0.25) is 0 Å². The largest absolute Gasteiger partial charge is 0.481 e. The van der Waals surface area contributed by atoms with Crippen LogP contribution in [0, 0.1) is 0 Å². The summed E-state index contributed by atoms with van der Waals surface area (Å²) in [7, 11) is 0. The van der Waals surface area contributed by atoms with E-state index in [2.05, 4.69) is 0 Å². The molecular formula is C13H17NO4. The van der Waals surface area contributed by atoms with E-state index in [0.717, 1.165) is 25.0 Å². The van der Waals surface area contributed by atoms with E-state index in [9.17, 15) is 9.59 Å². The molecule has 2 heterocycles. The highest BCUT2D eigenvalue weighted by Crippen LogP contribution is 2.23. The maximum atomic E-state index is 12.2. The minimum absolute atomic E-state index is 0.00703. The molecule has 0 spiro atoms. The van der Waals surface area contributed by atoms with Crippen molar-refractivity contribution < 1.29 is 19.1 Å². The fourth-order valence-electron chi connectivity index (χ4n) is 2.34. The number of carbonyl (C=O) groups is 2. The Bertz CT molecular complexity index is 452. The third-order valence-electron chi connectivity index (χ3n) is 3.27. The van der Waals surface area contributed by atoms with Gasteiger partial charge in [0, 0.05) is 19.0 Å². The van der Waals surface area contributed by atoms with Crippen LogP contribution in [0.4, 0.5) is 0 Å². The number of hydrogen-bond acceptors (Lipinski definition) is 3. The van der Waals surface area contributed by atoms with Gasteiger partial charge >= 0.3 is 5.97 Å². The Hall–Kier alpha value is -1.78. The first-order valence-electron chi connectivity index (χ1n) is 6.23. The van der Waals surface area contributed by atoms with Gasteiger partial charge in [0.15, 0.2) is 5.76 Å². The van der Waals surface area contributed by atoms with Crippen molar-refractivity contribution >= 4 is 11.9 Å². The van der Waals surface area contributed by atoms with E-state index in [4.69, 9.17) is 9.52 Å². The molecule has 1 N–H and O–H groups in total. The molecular weight excluding hydrogens is 234 g/mol. The Morgan fingerprint density at radius 2 is 2.28 bits per heavy atom. The second kappa shape index (κ2) is 5.25. The second-order valence-electron chi connectivity index (χ2n) is 4.51. The molecule has 0 aliphatic carbocycles. The van der Waals surface area contributed by atoms with Crippen molar-refractivity contribution in [2.75, 3.05) is 6.54 Å². The number of amides is 1. The fourth-order valence-corrected chi connectivity index (χ4v) is 2.34. The highest BCUT2D eigenvalue weighted by atomic mass is 16.4. The number of carbonyl (C=O) groups excluding carboxylic acids is 1. The summed E-state index contributed by atoms with van der Waals surface area (Å²) in [5, 5.41) is 8.82. The summed E-state index contributed by atoms with van der Waals surface area (Å²) in [5.74, 6) is 0.0170. The van der Waals surface area contributed by atoms with Crippen LogP contribution in [0.15, 0.2) is 16.5 Å². The Kier molecular flexibility index (Phi) is 3.69. The maximum absolute atomic E-state index is 12.2. The van der Waals surface area contributed by atoms with Crippen LogP contribution in [0.25, 0.3) is 0 Å². The van der Waals surface area contributed by atoms with Crippen molar-refractivity contribution in [3.63, 3.8) is 0 Å². The highest BCUT2D eigenvalue weighted by Gasteiger charge is 2.32. The Balaban J connectivity index is 2.09. The minimum Gasteiger partial charge on any atom is -0.481 e. The molecule has 0 radical (unpaired) electrons. The number of carboxylic acid groups (broad SMARTS) is 1. The Morgan fingerprint density at radius 1 is 1.50 bits per heavy atom. The maximum Gasteiger partial charge on any atom is 0.305 e. The molecule has 2 rings (SSSR count). The molecule has 98 valence electrons. The summed E-state index contributed by atoms with van der Waals surface area (Å²) in [6.45, 7) is 2.56. The number of rotatable bonds is 4. The molecule has 1 aliphatic heterocycles. The van der Waals surface area contributed by atoms with E-state index >= 15 is 0 Å². The molecule has 1 fully saturated rings. The topological polar surface area (TPSA) is 70.8 Å². The van der Waals surface area contributed by atoms with Gasteiger partial charge < -0.3 is 14.4 Å². The van der Waals surface area contributed by atoms with Crippen LogP contribution >= 0.6 is 0 Å². The first-order chi connectivity index (χ1) is 8.61. The van der Waals surface area contributed by atoms with E-state index in [1.165, 1.54) is 0 Å². The zero-order valence-electron chi connectivity index (χ0n) is 10.4. The first-order valence-corrected chi connectivity index (χ1v) is 6.23. The molecule has 1 aromatic heterocycles. The number of aliphatic carboxylic acids is 1. The summed E-state index contributed by atoms with van der Waals surface area (Å²) >= 11 is 0. The molecule has 18 heavy (non-hydrogen) atoms. The normalized spacial score (nSPS) is 19.2. The van der Waals surface area contributed by atoms with E-state index in [0.29, 0.717) is 12.3 Å². The molecule has 1 saturated heterocycles. The molecule has 1 aromatic rings. The summed E-state index contributed by atoms with van der Waals surface area (Å²) < 4.78 is 5.42. The zero-order valence-corrected chi connectivity index (χ0v) is 10.4. The SMILES string of the molecule is CCc1ccc(C(=O)N2CCCC2CC(=O)O)o1. The van der Waals surface area contributed by atoms with Crippen LogP contribution in [-0.2, 0) is 11.2 Å². The van der Waals surface area contributed by atoms with Gasteiger partial charge in [0.05, 0.1) is 6.42 Å². The van der Waals surface area contributed by atoms with E-state index in [-0.39, 0.29) is 18.4 Å². The van der Waals surface area contributed by atoms with Crippen LogP contribution < -0.4 is 0 Å². The molecule has 5 nitrogen and oxygen atoms in total. The fraction of sp³-hybridized carbons (Fsp3) is 0.538. The van der Waals surface area contributed by atoms with Crippen LogP contribution in [0.1, 0.15) is 42.5 Å². The molecule has 0 aromatic carbocycles. The minimum atomic E-state index is -0.867. The van der Waals surface area contributed by atoms with E-state index in [1.54, 1.807) is 17.0 Å². The van der Waals surface area contributed by atoms with Crippen molar-refractivity contribution in [2.45, 2.75) is 38.6 Å². The zero-order chi connectivity index (χ0) is 13.1. The van der Waals surface area contributed by atoms with Gasteiger partial charge in [0.2, 0.25) is 0 Å². The lowest BCUT2D eigenvalue weighted by molar-refractivity contribution is -0.137. The second-order valence-corrected chi connectivity index (χ2v) is 4.51. The number of likely N-dealkylation sites (tertiary alicyclic amines) is 1. The van der Waals surface area contributed by atoms with Crippen molar-refractivity contribution in [1.29, 1.82) is 0 Å². The van der Waals surface area contributed by atoms with Crippen LogP contribution in [0.5, 0.6) is 0 Å². The van der Waals surface area contributed by atoms with Crippen molar-refractivity contribution in [3.05, 3.63) is 23.7 Å². The number of aryl methyl sites for hydroxylation is 1. The molecule has 1 unspecified atom stereocenters. The Morgan fingerprint density at radius 3 is 2.89 bits per heavy atom. The molecule has 0 saturated carbocycles. The molecule has 1 atom stereocenters. The first kappa shape index (κ1) is 12.7. The number of furan rings is 1. The van der Waals surface area contributed by atoms with E-state index in [1.807, 2.05) is 6.92 Å². The predicted octanol–water partition coefficient (Wildman–Crippen LogP) is 1.92. The quantitative estimate of drug-likeness (QED) is 0.887. The van der Waals surface area contributed by atoms with Gasteiger partial charge in [-0.2, -0.15) is 0 Å². The lowest BCUT2D eigenvalue weighted by Crippen LogP contribution is -2.36. The van der Waals surface area contributed by atoms with Gasteiger partial charge in [0.1, 0.15) is 5.76 Å². The standard InChI is InChI=1S/C13H17NO4/c1-2-10-5-6-11(18-10)13(17)14-7-3-4-9(14)8-12(15)16/h5-6,9H,2-4,7-8H2,1H3,(H,15,16). The van der Waals surface area contributed by atoms with Crippen LogP contribution in [-0.4, -0.2) is 34.5 Å². The lowest BCUT2D eigenvalue weighted by Gasteiger charge is -2.22.